The number of ether oxygens (including phenoxy) is 1. The molecule has 0 aromatic heterocycles. The number of para-hydroxylation sites is 1. The molecule has 0 saturated heterocycles. The summed E-state index contributed by atoms with van der Waals surface area (Å²) in [6, 6.07) is 23.0. The average Bonchev–Trinajstić information content (AvgIpc) is 2.69. The predicted molar refractivity (Wildman–Crippen MR) is 102 cm³/mol. The molecule has 0 heterocycles. The quantitative estimate of drug-likeness (QED) is 0.666. The van der Waals surface area contributed by atoms with Crippen LogP contribution >= 0.6 is 0 Å². The van der Waals surface area contributed by atoms with E-state index in [2.05, 4.69) is 5.32 Å². The van der Waals surface area contributed by atoms with Gasteiger partial charge in [-0.05, 0) is 31.2 Å². The van der Waals surface area contributed by atoms with Crippen molar-refractivity contribution in [2.45, 2.75) is 6.92 Å². The molecule has 4 nitrogen and oxygen atoms in total. The van der Waals surface area contributed by atoms with Crippen molar-refractivity contribution in [3.8, 4) is 5.75 Å². The summed E-state index contributed by atoms with van der Waals surface area (Å²) < 4.78 is 5.50. The van der Waals surface area contributed by atoms with E-state index in [1.165, 1.54) is 0 Å². The van der Waals surface area contributed by atoms with E-state index >= 15 is 0 Å². The number of hydrogen-bond donors (Lipinski definition) is 1. The highest BCUT2D eigenvalue weighted by atomic mass is 16.5. The van der Waals surface area contributed by atoms with Crippen LogP contribution in [0.2, 0.25) is 0 Å². The Labute approximate surface area is 152 Å². The summed E-state index contributed by atoms with van der Waals surface area (Å²) in [7, 11) is 0. The maximum Gasteiger partial charge on any atom is 0.259 e. The van der Waals surface area contributed by atoms with Gasteiger partial charge in [0, 0.05) is 16.8 Å². The molecule has 3 aromatic carbocycles. The van der Waals surface area contributed by atoms with Crippen LogP contribution in [0.25, 0.3) is 0 Å². The first-order valence-electron chi connectivity index (χ1n) is 8.42. The molecule has 26 heavy (non-hydrogen) atoms. The number of carbonyl (C=O) groups excluding carboxylic acids is 2. The van der Waals surface area contributed by atoms with Crippen molar-refractivity contribution in [2.24, 2.45) is 0 Å². The van der Waals surface area contributed by atoms with Gasteiger partial charge in [-0.15, -0.1) is 0 Å². The Bertz CT molecular complexity index is 919. The number of amides is 1. The topological polar surface area (TPSA) is 55.4 Å². The van der Waals surface area contributed by atoms with Crippen LogP contribution in [0, 0.1) is 0 Å². The summed E-state index contributed by atoms with van der Waals surface area (Å²) in [6.45, 7) is 2.35. The first-order chi connectivity index (χ1) is 12.7. The minimum absolute atomic E-state index is 0.0867. The molecule has 1 amide bonds. The van der Waals surface area contributed by atoms with Crippen LogP contribution in [0.3, 0.4) is 0 Å². The summed E-state index contributed by atoms with van der Waals surface area (Å²) in [6.07, 6.45) is 0. The number of benzene rings is 3. The van der Waals surface area contributed by atoms with E-state index < -0.39 is 0 Å². The molecule has 0 unspecified atom stereocenters. The van der Waals surface area contributed by atoms with Gasteiger partial charge in [0.1, 0.15) is 5.75 Å². The fourth-order valence-electron chi connectivity index (χ4n) is 2.63. The van der Waals surface area contributed by atoms with E-state index in [9.17, 15) is 9.59 Å². The summed E-state index contributed by atoms with van der Waals surface area (Å²) in [5.74, 6) is 0.166. The van der Waals surface area contributed by atoms with E-state index in [-0.39, 0.29) is 11.7 Å². The molecule has 0 aliphatic heterocycles. The SMILES string of the molecule is CCOc1ccccc1C(=O)Nc1cccc(C(=O)c2ccccc2)c1. The van der Waals surface area contributed by atoms with Crippen molar-refractivity contribution in [3.05, 3.63) is 95.6 Å². The summed E-state index contributed by atoms with van der Waals surface area (Å²) >= 11 is 0. The Morgan fingerprint density at radius 2 is 1.54 bits per heavy atom. The second-order valence-electron chi connectivity index (χ2n) is 5.66. The third-order valence-corrected chi connectivity index (χ3v) is 3.85. The summed E-state index contributed by atoms with van der Waals surface area (Å²) in [5.41, 5.74) is 2.14. The maximum absolute atomic E-state index is 12.6. The summed E-state index contributed by atoms with van der Waals surface area (Å²) in [5, 5.41) is 2.83. The molecule has 0 atom stereocenters. The van der Waals surface area contributed by atoms with Crippen molar-refractivity contribution >= 4 is 17.4 Å². The monoisotopic (exact) mass is 345 g/mol. The third-order valence-electron chi connectivity index (χ3n) is 3.85. The Morgan fingerprint density at radius 3 is 2.31 bits per heavy atom. The molecule has 0 spiro atoms. The van der Waals surface area contributed by atoms with Crippen LogP contribution in [0.5, 0.6) is 5.75 Å². The van der Waals surface area contributed by atoms with Gasteiger partial charge in [-0.3, -0.25) is 9.59 Å². The molecule has 0 aliphatic rings. The first-order valence-corrected chi connectivity index (χ1v) is 8.42. The largest absolute Gasteiger partial charge is 0.493 e. The third kappa shape index (κ3) is 3.98. The van der Waals surface area contributed by atoms with E-state index in [1.807, 2.05) is 31.2 Å². The molecule has 0 fully saturated rings. The summed E-state index contributed by atoms with van der Waals surface area (Å²) in [4.78, 5) is 25.1. The smallest absolute Gasteiger partial charge is 0.259 e. The van der Waals surface area contributed by atoms with Gasteiger partial charge >= 0.3 is 0 Å². The van der Waals surface area contributed by atoms with Crippen molar-refractivity contribution in [1.82, 2.24) is 0 Å². The number of nitrogens with one attached hydrogen (secondary N) is 1. The number of anilines is 1. The van der Waals surface area contributed by atoms with Gasteiger partial charge < -0.3 is 10.1 Å². The molecule has 0 aliphatic carbocycles. The zero-order valence-corrected chi connectivity index (χ0v) is 14.4. The van der Waals surface area contributed by atoms with E-state index in [1.54, 1.807) is 54.6 Å². The zero-order chi connectivity index (χ0) is 18.4. The van der Waals surface area contributed by atoms with Crippen molar-refractivity contribution in [3.63, 3.8) is 0 Å². The van der Waals surface area contributed by atoms with E-state index in [4.69, 9.17) is 4.74 Å². The Kier molecular flexibility index (Phi) is 5.44. The fourth-order valence-corrected chi connectivity index (χ4v) is 2.63. The molecule has 1 N–H and O–H groups in total. The second kappa shape index (κ2) is 8.12. The van der Waals surface area contributed by atoms with Gasteiger partial charge in [-0.25, -0.2) is 0 Å². The van der Waals surface area contributed by atoms with Crippen LogP contribution < -0.4 is 10.1 Å². The van der Waals surface area contributed by atoms with Gasteiger partial charge in [-0.2, -0.15) is 0 Å². The van der Waals surface area contributed by atoms with Crippen molar-refractivity contribution in [2.75, 3.05) is 11.9 Å². The van der Waals surface area contributed by atoms with E-state index in [0.717, 1.165) is 0 Å². The highest BCUT2D eigenvalue weighted by Gasteiger charge is 2.14. The van der Waals surface area contributed by atoms with Gasteiger partial charge in [0.2, 0.25) is 0 Å². The van der Waals surface area contributed by atoms with Crippen LogP contribution in [0.15, 0.2) is 78.9 Å². The van der Waals surface area contributed by atoms with Gasteiger partial charge in [0.25, 0.3) is 5.91 Å². The molecular weight excluding hydrogens is 326 g/mol. The molecule has 0 radical (unpaired) electrons. The lowest BCUT2D eigenvalue weighted by Gasteiger charge is -2.11. The minimum atomic E-state index is -0.279. The van der Waals surface area contributed by atoms with Crippen molar-refractivity contribution < 1.29 is 14.3 Å². The second-order valence-corrected chi connectivity index (χ2v) is 5.66. The standard InChI is InChI=1S/C22H19NO3/c1-2-26-20-14-7-6-13-19(20)22(25)23-18-12-8-11-17(15-18)21(24)16-9-4-3-5-10-16/h3-15H,2H2,1H3,(H,23,25). The minimum Gasteiger partial charge on any atom is -0.493 e. The Morgan fingerprint density at radius 1 is 0.846 bits per heavy atom. The lowest BCUT2D eigenvalue weighted by atomic mass is 10.0. The van der Waals surface area contributed by atoms with Crippen molar-refractivity contribution in [1.29, 1.82) is 0 Å². The molecule has 0 bridgehead atoms. The molecule has 0 saturated carbocycles. The Hall–Kier alpha value is -3.40. The number of rotatable bonds is 6. The van der Waals surface area contributed by atoms with Crippen LogP contribution in [-0.4, -0.2) is 18.3 Å². The number of hydrogen-bond acceptors (Lipinski definition) is 3. The van der Waals surface area contributed by atoms with E-state index in [0.29, 0.717) is 34.7 Å². The molecule has 3 rings (SSSR count). The van der Waals surface area contributed by atoms with Crippen LogP contribution in [0.1, 0.15) is 33.2 Å². The number of ketones is 1. The highest BCUT2D eigenvalue weighted by Crippen LogP contribution is 2.21. The van der Waals surface area contributed by atoms with Crippen LogP contribution in [0.4, 0.5) is 5.69 Å². The molecular formula is C22H19NO3. The maximum atomic E-state index is 12.6. The van der Waals surface area contributed by atoms with Gasteiger partial charge in [-0.1, -0.05) is 54.6 Å². The average molecular weight is 345 g/mol. The normalized spacial score (nSPS) is 10.2. The van der Waals surface area contributed by atoms with Gasteiger partial charge in [0.05, 0.1) is 12.2 Å². The van der Waals surface area contributed by atoms with Gasteiger partial charge in [0.15, 0.2) is 5.78 Å². The fraction of sp³-hybridized carbons (Fsp3) is 0.0909. The highest BCUT2D eigenvalue weighted by molar-refractivity contribution is 6.10. The zero-order valence-electron chi connectivity index (χ0n) is 14.4. The first kappa shape index (κ1) is 17.4. The lowest BCUT2D eigenvalue weighted by Crippen LogP contribution is -2.14. The Balaban J connectivity index is 1.81. The molecule has 4 heteroatoms. The molecule has 3 aromatic rings. The number of carbonyl (C=O) groups is 2. The predicted octanol–water partition coefficient (Wildman–Crippen LogP) is 4.57. The van der Waals surface area contributed by atoms with Crippen LogP contribution in [-0.2, 0) is 0 Å². The lowest BCUT2D eigenvalue weighted by molar-refractivity contribution is 0.101. The molecule has 130 valence electrons.